The standard InChI is InChI=1S/C45H86N2O7S/c1-5-9-11-13-15-17-19-21-23-25-27-29-31-33-35-37-44(48)52-41-43(46-55(50,51)54-40-39-47(7-3)8-4)42-53-45(49)38-36-34-32-30-28-26-24-22-20-18-16-14-12-10-6-2/h21-24,43,46H,5-20,25-42H2,1-4H3/b23-21-,24-22-. The molecule has 0 unspecified atom stereocenters. The molecule has 0 rings (SSSR count). The van der Waals surface area contributed by atoms with Gasteiger partial charge in [-0.2, -0.15) is 13.1 Å². The second-order valence-electron chi connectivity index (χ2n) is 15.2. The summed E-state index contributed by atoms with van der Waals surface area (Å²) in [6.45, 7) is 10.1. The van der Waals surface area contributed by atoms with Crippen LogP contribution in [0.4, 0.5) is 0 Å². The van der Waals surface area contributed by atoms with Gasteiger partial charge in [0.1, 0.15) is 13.2 Å². The molecule has 0 amide bonds. The maximum absolute atomic E-state index is 12.7. The molecule has 0 aromatic rings. The Morgan fingerprint density at radius 3 is 1.24 bits per heavy atom. The van der Waals surface area contributed by atoms with Crippen LogP contribution in [0, 0.1) is 0 Å². The fraction of sp³-hybridized carbons (Fsp3) is 0.867. The predicted octanol–water partition coefficient (Wildman–Crippen LogP) is 11.7. The summed E-state index contributed by atoms with van der Waals surface area (Å²) in [5.74, 6) is -0.771. The van der Waals surface area contributed by atoms with Crippen molar-refractivity contribution < 1.29 is 31.7 Å². The second-order valence-corrected chi connectivity index (χ2v) is 16.5. The fourth-order valence-electron chi connectivity index (χ4n) is 6.38. The van der Waals surface area contributed by atoms with Crippen LogP contribution in [0.3, 0.4) is 0 Å². The first-order valence-electron chi connectivity index (χ1n) is 22.8. The van der Waals surface area contributed by atoms with E-state index in [0.717, 1.165) is 90.1 Å². The Labute approximate surface area is 339 Å². The lowest BCUT2D eigenvalue weighted by molar-refractivity contribution is -0.147. The van der Waals surface area contributed by atoms with E-state index in [1.807, 2.05) is 13.8 Å². The maximum Gasteiger partial charge on any atom is 0.336 e. The van der Waals surface area contributed by atoms with Crippen molar-refractivity contribution >= 4 is 22.2 Å². The molecule has 0 aliphatic carbocycles. The lowest BCUT2D eigenvalue weighted by Crippen LogP contribution is -2.43. The minimum atomic E-state index is -4.14. The number of hydrogen-bond donors (Lipinski definition) is 1. The van der Waals surface area contributed by atoms with Crippen LogP contribution in [0.15, 0.2) is 24.3 Å². The minimum absolute atomic E-state index is 0.00568. The van der Waals surface area contributed by atoms with Crippen LogP contribution in [-0.2, 0) is 33.6 Å². The highest BCUT2D eigenvalue weighted by atomic mass is 32.2. The molecule has 0 spiro atoms. The van der Waals surface area contributed by atoms with Crippen LogP contribution < -0.4 is 4.72 Å². The molecule has 10 heteroatoms. The summed E-state index contributed by atoms with van der Waals surface area (Å²) < 4.78 is 43.9. The van der Waals surface area contributed by atoms with Crippen molar-refractivity contribution in [3.8, 4) is 0 Å². The smallest absolute Gasteiger partial charge is 0.336 e. The molecule has 9 nitrogen and oxygen atoms in total. The van der Waals surface area contributed by atoms with E-state index in [4.69, 9.17) is 13.7 Å². The van der Waals surface area contributed by atoms with Crippen LogP contribution in [0.5, 0.6) is 0 Å². The molecular formula is C45H86N2O7S. The van der Waals surface area contributed by atoms with E-state index in [9.17, 15) is 18.0 Å². The summed E-state index contributed by atoms with van der Waals surface area (Å²) >= 11 is 0. The number of nitrogens with zero attached hydrogens (tertiary/aromatic N) is 1. The van der Waals surface area contributed by atoms with E-state index < -0.39 is 16.3 Å². The van der Waals surface area contributed by atoms with Gasteiger partial charge in [-0.3, -0.25) is 13.8 Å². The number of esters is 2. The summed E-state index contributed by atoms with van der Waals surface area (Å²) in [5.41, 5.74) is 0. The van der Waals surface area contributed by atoms with Gasteiger partial charge in [-0.25, -0.2) is 0 Å². The van der Waals surface area contributed by atoms with Gasteiger partial charge in [-0.1, -0.05) is 155 Å². The van der Waals surface area contributed by atoms with Gasteiger partial charge in [-0.15, -0.1) is 0 Å². The highest BCUT2D eigenvalue weighted by molar-refractivity contribution is 7.84. The third-order valence-corrected chi connectivity index (χ3v) is 11.1. The first-order valence-corrected chi connectivity index (χ1v) is 24.2. The van der Waals surface area contributed by atoms with Crippen molar-refractivity contribution in [3.05, 3.63) is 24.3 Å². The zero-order valence-corrected chi connectivity index (χ0v) is 37.0. The lowest BCUT2D eigenvalue weighted by atomic mass is 10.1. The van der Waals surface area contributed by atoms with Crippen LogP contribution in [0.1, 0.15) is 207 Å². The normalized spacial score (nSPS) is 12.2. The van der Waals surface area contributed by atoms with Crippen molar-refractivity contribution in [1.29, 1.82) is 0 Å². The zero-order chi connectivity index (χ0) is 40.5. The molecule has 0 aromatic heterocycles. The van der Waals surface area contributed by atoms with Gasteiger partial charge in [0.25, 0.3) is 0 Å². The molecule has 0 bridgehead atoms. The van der Waals surface area contributed by atoms with E-state index in [1.54, 1.807) is 0 Å². The van der Waals surface area contributed by atoms with Crippen molar-refractivity contribution in [2.24, 2.45) is 0 Å². The van der Waals surface area contributed by atoms with Gasteiger partial charge in [0.2, 0.25) is 0 Å². The van der Waals surface area contributed by atoms with E-state index >= 15 is 0 Å². The molecule has 0 saturated heterocycles. The van der Waals surface area contributed by atoms with E-state index in [0.29, 0.717) is 6.54 Å². The SMILES string of the molecule is CCCCCCCC/C=C\CCCCCCCC(=O)OCC(COC(=O)CCCCCCC/C=C\CCCCCCCC)NS(=O)(=O)OCCN(CC)CC. The summed E-state index contributed by atoms with van der Waals surface area (Å²) in [7, 11) is -4.14. The maximum atomic E-state index is 12.7. The summed E-state index contributed by atoms with van der Waals surface area (Å²) in [4.78, 5) is 27.1. The van der Waals surface area contributed by atoms with Gasteiger partial charge in [0, 0.05) is 19.4 Å². The largest absolute Gasteiger partial charge is 0.464 e. The molecule has 0 atom stereocenters. The number of hydrogen-bond acceptors (Lipinski definition) is 8. The van der Waals surface area contributed by atoms with Crippen molar-refractivity contribution in [2.45, 2.75) is 214 Å². The van der Waals surface area contributed by atoms with Gasteiger partial charge < -0.3 is 14.4 Å². The summed E-state index contributed by atoms with van der Waals surface area (Å²) in [6.07, 6.45) is 40.4. The fourth-order valence-corrected chi connectivity index (χ4v) is 7.29. The predicted molar refractivity (Wildman–Crippen MR) is 230 cm³/mol. The van der Waals surface area contributed by atoms with Gasteiger partial charge in [0.15, 0.2) is 0 Å². The molecule has 0 aliphatic rings. The van der Waals surface area contributed by atoms with Crippen molar-refractivity contribution in [2.75, 3.05) is 39.5 Å². The average Bonchev–Trinajstić information content (AvgIpc) is 3.17. The number of unbranched alkanes of at least 4 members (excludes halogenated alkanes) is 22. The quantitative estimate of drug-likeness (QED) is 0.0369. The Hall–Kier alpha value is -1.75. The molecule has 1 N–H and O–H groups in total. The Morgan fingerprint density at radius 1 is 0.527 bits per heavy atom. The molecule has 0 aromatic carbocycles. The lowest BCUT2D eigenvalue weighted by Gasteiger charge is -2.20. The topological polar surface area (TPSA) is 111 Å². The highest BCUT2D eigenvalue weighted by Gasteiger charge is 2.22. The zero-order valence-electron chi connectivity index (χ0n) is 36.1. The number of ether oxygens (including phenoxy) is 2. The van der Waals surface area contributed by atoms with Crippen molar-refractivity contribution in [3.63, 3.8) is 0 Å². The monoisotopic (exact) mass is 799 g/mol. The first-order chi connectivity index (χ1) is 26.8. The minimum Gasteiger partial charge on any atom is -0.464 e. The second kappa shape index (κ2) is 40.4. The number of likely N-dealkylation sites (N-methyl/N-ethyl adjacent to an activating group) is 1. The third-order valence-electron chi connectivity index (χ3n) is 10.0. The molecule has 0 radical (unpaired) electrons. The Balaban J connectivity index is 4.39. The molecule has 0 aliphatic heterocycles. The van der Waals surface area contributed by atoms with E-state index in [1.165, 1.54) is 89.9 Å². The number of carbonyl (C=O) groups is 2. The molecular weight excluding hydrogens is 713 g/mol. The van der Waals surface area contributed by atoms with Gasteiger partial charge in [-0.05, 0) is 77.3 Å². The molecule has 324 valence electrons. The Morgan fingerprint density at radius 2 is 0.873 bits per heavy atom. The van der Waals surface area contributed by atoms with Gasteiger partial charge >= 0.3 is 22.2 Å². The third kappa shape index (κ3) is 38.9. The number of nitrogens with one attached hydrogen (secondary N) is 1. The molecule has 55 heavy (non-hydrogen) atoms. The molecule has 0 saturated carbocycles. The average molecular weight is 799 g/mol. The van der Waals surface area contributed by atoms with Crippen molar-refractivity contribution in [1.82, 2.24) is 9.62 Å². The van der Waals surface area contributed by atoms with Crippen LogP contribution in [0.2, 0.25) is 0 Å². The number of carbonyl (C=O) groups excluding carboxylic acids is 2. The Kier molecular flexibility index (Phi) is 39.2. The number of rotatable bonds is 42. The van der Waals surface area contributed by atoms with Crippen LogP contribution in [-0.4, -0.2) is 70.8 Å². The van der Waals surface area contributed by atoms with E-state index in [2.05, 4.69) is 47.8 Å². The summed E-state index contributed by atoms with van der Waals surface area (Å²) in [5, 5.41) is 0. The highest BCUT2D eigenvalue weighted by Crippen LogP contribution is 2.12. The number of allylic oxidation sites excluding steroid dienone is 4. The van der Waals surface area contributed by atoms with Crippen LogP contribution in [0.25, 0.3) is 0 Å². The molecule has 0 fully saturated rings. The van der Waals surface area contributed by atoms with Gasteiger partial charge in [0.05, 0.1) is 12.6 Å². The van der Waals surface area contributed by atoms with Crippen LogP contribution >= 0.6 is 0 Å². The first kappa shape index (κ1) is 53.2. The van der Waals surface area contributed by atoms with E-state index in [-0.39, 0.29) is 44.6 Å². The summed E-state index contributed by atoms with van der Waals surface area (Å²) in [6, 6.07) is -0.936. The Bertz CT molecular complexity index is 974. The molecule has 0 heterocycles.